The summed E-state index contributed by atoms with van der Waals surface area (Å²) in [7, 11) is 0. The predicted molar refractivity (Wildman–Crippen MR) is 103 cm³/mol. The fourth-order valence-electron chi connectivity index (χ4n) is 3.41. The van der Waals surface area contributed by atoms with Crippen molar-refractivity contribution in [2.24, 2.45) is 0 Å². The molecule has 3 nitrogen and oxygen atoms in total. The molecule has 0 atom stereocenters. The maximum absolute atomic E-state index is 8.67. The van der Waals surface area contributed by atoms with Gasteiger partial charge in [0.2, 0.25) is 0 Å². The maximum Gasteiger partial charge on any atom is 0.145 e. The van der Waals surface area contributed by atoms with Crippen molar-refractivity contribution in [2.45, 2.75) is 13.8 Å². The molecule has 0 unspecified atom stereocenters. The number of benzene rings is 2. The molecule has 0 aliphatic rings. The standard InChI is InChI=1S/C22H17N3/c1-14-6-5-7-15(2)21(14)20-13-24-22-18-9-4-3-8-16(18)17-10-11-23-12-19(17)25(20)22/h3-13H,1-2H3/i3D,4D,8D,10D,11D,12D,13D. The Hall–Kier alpha value is -3.20. The number of fused-ring (bicyclic) bond motifs is 6. The van der Waals surface area contributed by atoms with Gasteiger partial charge in [0.05, 0.1) is 33.2 Å². The Labute approximate surface area is 155 Å². The SMILES string of the molecule is [2H]c1cc2c(c([2H])c1[2H])c1c([2H])c([2H])nc([2H])c1n1c(-c3c(C)cccc3C)c([2H])nc21. The lowest BCUT2D eigenvalue weighted by molar-refractivity contribution is 1.22. The first-order valence-electron chi connectivity index (χ1n) is 11.4. The van der Waals surface area contributed by atoms with Gasteiger partial charge in [0.1, 0.15) is 5.65 Å². The first-order valence-corrected chi connectivity index (χ1v) is 7.89. The highest BCUT2D eigenvalue weighted by Gasteiger charge is 2.16. The summed E-state index contributed by atoms with van der Waals surface area (Å²) in [6.07, 6.45) is -0.743. The van der Waals surface area contributed by atoms with Crippen LogP contribution in [0.15, 0.2) is 67.0 Å². The van der Waals surface area contributed by atoms with Crippen LogP contribution < -0.4 is 0 Å². The van der Waals surface area contributed by atoms with Gasteiger partial charge in [-0.1, -0.05) is 42.4 Å². The summed E-state index contributed by atoms with van der Waals surface area (Å²) in [5.74, 6) is 0. The molecule has 0 bridgehead atoms. The van der Waals surface area contributed by atoms with Gasteiger partial charge < -0.3 is 0 Å². The Morgan fingerprint density at radius 1 is 0.920 bits per heavy atom. The van der Waals surface area contributed by atoms with Crippen molar-refractivity contribution >= 4 is 27.3 Å². The molecular weight excluding hydrogens is 306 g/mol. The number of imidazole rings is 1. The van der Waals surface area contributed by atoms with Crippen molar-refractivity contribution in [3.8, 4) is 11.3 Å². The van der Waals surface area contributed by atoms with Gasteiger partial charge in [-0.15, -0.1) is 0 Å². The number of aromatic nitrogens is 3. The van der Waals surface area contributed by atoms with Gasteiger partial charge in [-0.2, -0.15) is 0 Å². The third kappa shape index (κ3) is 1.92. The van der Waals surface area contributed by atoms with E-state index in [0.29, 0.717) is 11.1 Å². The molecule has 0 aliphatic heterocycles. The molecule has 25 heavy (non-hydrogen) atoms. The highest BCUT2D eigenvalue weighted by atomic mass is 15.0. The molecule has 0 saturated carbocycles. The number of rotatable bonds is 1. The quantitative estimate of drug-likeness (QED) is 0.389. The highest BCUT2D eigenvalue weighted by molar-refractivity contribution is 6.12. The molecule has 0 aliphatic carbocycles. The van der Waals surface area contributed by atoms with Crippen molar-refractivity contribution in [1.29, 1.82) is 0 Å². The van der Waals surface area contributed by atoms with Crippen LogP contribution in [-0.2, 0) is 0 Å². The smallest absolute Gasteiger partial charge is 0.145 e. The second kappa shape index (κ2) is 5.15. The van der Waals surface area contributed by atoms with Gasteiger partial charge in [-0.3, -0.25) is 9.38 Å². The third-order valence-electron chi connectivity index (χ3n) is 4.52. The molecule has 0 N–H and O–H groups in total. The summed E-state index contributed by atoms with van der Waals surface area (Å²) in [6.45, 7) is 3.83. The van der Waals surface area contributed by atoms with Crippen molar-refractivity contribution in [3.05, 3.63) is 78.1 Å². The van der Waals surface area contributed by atoms with Crippen LogP contribution in [0.5, 0.6) is 0 Å². The molecule has 2 aromatic carbocycles. The van der Waals surface area contributed by atoms with Crippen LogP contribution in [-0.4, -0.2) is 14.4 Å². The molecule has 0 spiro atoms. The van der Waals surface area contributed by atoms with E-state index >= 15 is 0 Å². The zero-order valence-electron chi connectivity index (χ0n) is 20.7. The highest BCUT2D eigenvalue weighted by Crippen LogP contribution is 2.34. The Balaban J connectivity index is 2.20. The van der Waals surface area contributed by atoms with Gasteiger partial charge in [0, 0.05) is 22.5 Å². The van der Waals surface area contributed by atoms with Crippen molar-refractivity contribution < 1.29 is 9.60 Å². The van der Waals surface area contributed by atoms with Crippen LogP contribution in [0.2, 0.25) is 0 Å². The Morgan fingerprint density at radius 3 is 2.60 bits per heavy atom. The monoisotopic (exact) mass is 330 g/mol. The largest absolute Gasteiger partial charge is 0.290 e. The minimum atomic E-state index is -0.413. The van der Waals surface area contributed by atoms with Crippen LogP contribution in [0.1, 0.15) is 20.7 Å². The van der Waals surface area contributed by atoms with Gasteiger partial charge in [-0.25, -0.2) is 4.98 Å². The van der Waals surface area contributed by atoms with E-state index in [9.17, 15) is 0 Å². The average Bonchev–Trinajstić information content (AvgIpc) is 3.06. The molecule has 120 valence electrons. The van der Waals surface area contributed by atoms with Crippen LogP contribution in [0.3, 0.4) is 0 Å². The summed E-state index contributed by atoms with van der Waals surface area (Å²) in [6, 6.07) is 6.10. The molecule has 5 rings (SSSR count). The van der Waals surface area contributed by atoms with E-state index in [4.69, 9.17) is 9.60 Å². The number of aryl methyl sites for hydroxylation is 2. The van der Waals surface area contributed by atoms with E-state index in [1.54, 1.807) is 4.40 Å². The van der Waals surface area contributed by atoms with Gasteiger partial charge in [-0.05, 0) is 36.4 Å². The van der Waals surface area contributed by atoms with E-state index in [0.717, 1.165) is 16.7 Å². The fourth-order valence-corrected chi connectivity index (χ4v) is 3.41. The summed E-state index contributed by atoms with van der Waals surface area (Å²) in [5, 5.41) is 0.620. The number of pyridine rings is 2. The van der Waals surface area contributed by atoms with Gasteiger partial charge in [0.25, 0.3) is 0 Å². The average molecular weight is 330 g/mol. The second-order valence-corrected chi connectivity index (χ2v) is 6.01. The first kappa shape index (κ1) is 8.77. The third-order valence-corrected chi connectivity index (χ3v) is 4.52. The maximum atomic E-state index is 8.67. The van der Waals surface area contributed by atoms with Crippen molar-refractivity contribution in [3.63, 3.8) is 0 Å². The van der Waals surface area contributed by atoms with Crippen LogP contribution in [0, 0.1) is 13.8 Å². The molecule has 0 saturated heterocycles. The van der Waals surface area contributed by atoms with Gasteiger partial charge >= 0.3 is 0 Å². The summed E-state index contributed by atoms with van der Waals surface area (Å²) in [5.41, 5.74) is 3.40. The topological polar surface area (TPSA) is 30.2 Å². The normalized spacial score (nSPS) is 15.5. The zero-order chi connectivity index (χ0) is 23.1. The molecule has 5 aromatic rings. The minimum Gasteiger partial charge on any atom is -0.290 e. The van der Waals surface area contributed by atoms with Crippen LogP contribution >= 0.6 is 0 Å². The lowest BCUT2D eigenvalue weighted by Crippen LogP contribution is -1.96. The fraction of sp³-hybridized carbons (Fsp3) is 0.0909. The molecule has 3 aromatic heterocycles. The molecule has 3 heteroatoms. The minimum absolute atomic E-state index is 0.0508. The van der Waals surface area contributed by atoms with E-state index in [2.05, 4.69) is 9.97 Å². The van der Waals surface area contributed by atoms with E-state index in [-0.39, 0.29) is 58.5 Å². The van der Waals surface area contributed by atoms with Crippen molar-refractivity contribution in [2.75, 3.05) is 0 Å². The number of hydrogen-bond donors (Lipinski definition) is 0. The molecule has 3 heterocycles. The zero-order valence-corrected chi connectivity index (χ0v) is 13.7. The molecule has 0 fully saturated rings. The second-order valence-electron chi connectivity index (χ2n) is 6.01. The summed E-state index contributed by atoms with van der Waals surface area (Å²) < 4.78 is 60.1. The van der Waals surface area contributed by atoms with E-state index in [1.807, 2.05) is 32.0 Å². The molecule has 0 radical (unpaired) electrons. The first-order chi connectivity index (χ1) is 15.1. The molecular formula is C22H17N3. The number of nitrogens with zero attached hydrogens (tertiary/aromatic N) is 3. The Morgan fingerprint density at radius 2 is 1.76 bits per heavy atom. The Kier molecular flexibility index (Phi) is 1.81. The Bertz CT molecular complexity index is 1600. The van der Waals surface area contributed by atoms with Gasteiger partial charge in [0.15, 0.2) is 0 Å². The summed E-state index contributed by atoms with van der Waals surface area (Å²) >= 11 is 0. The lowest BCUT2D eigenvalue weighted by atomic mass is 10.00. The van der Waals surface area contributed by atoms with E-state index < -0.39 is 6.17 Å². The predicted octanol–water partition coefficient (Wildman–Crippen LogP) is 5.32. The van der Waals surface area contributed by atoms with Crippen molar-refractivity contribution in [1.82, 2.24) is 14.4 Å². The van der Waals surface area contributed by atoms with Crippen LogP contribution in [0.4, 0.5) is 0 Å². The molecule has 0 amide bonds. The lowest BCUT2D eigenvalue weighted by Gasteiger charge is -2.13. The number of hydrogen-bond acceptors (Lipinski definition) is 2. The summed E-state index contributed by atoms with van der Waals surface area (Å²) in [4.78, 5) is 8.35. The van der Waals surface area contributed by atoms with Crippen LogP contribution in [0.25, 0.3) is 38.6 Å². The van der Waals surface area contributed by atoms with E-state index in [1.165, 1.54) is 6.07 Å².